The molecule has 6 aromatic carbocycles. The molecule has 0 radical (unpaired) electrons. The van der Waals surface area contributed by atoms with Crippen molar-refractivity contribution in [2.24, 2.45) is 23.7 Å². The van der Waals surface area contributed by atoms with E-state index >= 15 is 0 Å². The van der Waals surface area contributed by atoms with Crippen molar-refractivity contribution < 1.29 is 0 Å². The van der Waals surface area contributed by atoms with E-state index in [0.717, 1.165) is 23.7 Å². The van der Waals surface area contributed by atoms with Gasteiger partial charge in [0, 0.05) is 32.3 Å². The molecule has 56 heavy (non-hydrogen) atoms. The highest BCUT2D eigenvalue weighted by Gasteiger charge is 2.60. The number of hydrogen-bond donors (Lipinski definition) is 0. The largest absolute Gasteiger partial charge is 0.310 e. The Labute approximate surface area is 338 Å². The lowest BCUT2D eigenvalue weighted by atomic mass is 9.42. The van der Waals surface area contributed by atoms with Crippen molar-refractivity contribution in [1.29, 1.82) is 0 Å². The first kappa shape index (κ1) is 34.7. The van der Waals surface area contributed by atoms with Crippen LogP contribution < -0.4 is 4.90 Å². The van der Waals surface area contributed by atoms with Crippen molar-refractivity contribution in [2.75, 3.05) is 4.90 Å². The zero-order valence-electron chi connectivity index (χ0n) is 33.4. The zero-order chi connectivity index (χ0) is 37.8. The van der Waals surface area contributed by atoms with Crippen molar-refractivity contribution in [2.45, 2.75) is 98.7 Å². The summed E-state index contributed by atoms with van der Waals surface area (Å²) in [6.45, 7) is 9.79. The molecule has 4 fully saturated rings. The summed E-state index contributed by atoms with van der Waals surface area (Å²) in [5, 5.41) is 0. The Morgan fingerprint density at radius 2 is 0.911 bits per heavy atom. The SMILES string of the molecule is CC1(C)CCC(C)(C)c2cc(N(c3ccc(-c4ccc(-c5ccccc5)cc4)cc3)c3ccc4c(c3)C3(c5ccccc5S4)C4CC5CC(C4)CC3C5)ccc21. The summed E-state index contributed by atoms with van der Waals surface area (Å²) in [4.78, 5) is 5.54. The second kappa shape index (κ2) is 12.7. The van der Waals surface area contributed by atoms with Gasteiger partial charge in [-0.2, -0.15) is 0 Å². The molecular weight excluding hydrogens is 695 g/mol. The van der Waals surface area contributed by atoms with Crippen LogP contribution in [0.5, 0.6) is 0 Å². The third kappa shape index (κ3) is 5.34. The van der Waals surface area contributed by atoms with Gasteiger partial charge in [0.25, 0.3) is 0 Å². The van der Waals surface area contributed by atoms with Gasteiger partial charge >= 0.3 is 0 Å². The summed E-state index contributed by atoms with van der Waals surface area (Å²) in [6, 6.07) is 53.6. The molecule has 6 aliphatic rings. The Morgan fingerprint density at radius 1 is 0.429 bits per heavy atom. The normalized spacial score (nSPS) is 26.0. The number of rotatable bonds is 5. The van der Waals surface area contributed by atoms with Crippen LogP contribution in [-0.4, -0.2) is 0 Å². The van der Waals surface area contributed by atoms with Gasteiger partial charge in [-0.15, -0.1) is 0 Å². The minimum atomic E-state index is 0.101. The molecule has 6 aromatic rings. The van der Waals surface area contributed by atoms with Crippen LogP contribution in [0.2, 0.25) is 0 Å². The van der Waals surface area contributed by atoms with Gasteiger partial charge < -0.3 is 4.90 Å². The van der Waals surface area contributed by atoms with Crippen LogP contribution in [0.4, 0.5) is 17.1 Å². The number of nitrogens with zero attached hydrogens (tertiary/aromatic N) is 1. The predicted molar refractivity (Wildman–Crippen MR) is 236 cm³/mol. The molecule has 1 spiro atoms. The smallest absolute Gasteiger partial charge is 0.0465 e. The van der Waals surface area contributed by atoms with Crippen LogP contribution in [0.15, 0.2) is 149 Å². The topological polar surface area (TPSA) is 3.24 Å². The molecule has 0 aromatic heterocycles. The van der Waals surface area contributed by atoms with Crippen molar-refractivity contribution >= 4 is 28.8 Å². The average Bonchev–Trinajstić information content (AvgIpc) is 3.22. The fraction of sp³-hybridized carbons (Fsp3) is 0.333. The highest BCUT2D eigenvalue weighted by molar-refractivity contribution is 7.99. The lowest BCUT2D eigenvalue weighted by Gasteiger charge is -2.63. The van der Waals surface area contributed by atoms with E-state index in [9.17, 15) is 0 Å². The Bertz CT molecular complexity index is 2430. The van der Waals surface area contributed by atoms with E-state index in [1.165, 1.54) is 105 Å². The first-order chi connectivity index (χ1) is 27.2. The van der Waals surface area contributed by atoms with Crippen LogP contribution in [0.3, 0.4) is 0 Å². The first-order valence-electron chi connectivity index (χ1n) is 21.3. The van der Waals surface area contributed by atoms with Crippen LogP contribution >= 0.6 is 11.8 Å². The molecule has 12 rings (SSSR count). The molecule has 1 nitrogen and oxygen atoms in total. The minimum Gasteiger partial charge on any atom is -0.310 e. The van der Waals surface area contributed by atoms with Crippen molar-refractivity contribution in [3.63, 3.8) is 0 Å². The molecule has 1 aliphatic heterocycles. The van der Waals surface area contributed by atoms with Gasteiger partial charge in [-0.3, -0.25) is 0 Å². The molecule has 4 bridgehead atoms. The van der Waals surface area contributed by atoms with Crippen molar-refractivity contribution in [3.05, 3.63) is 162 Å². The van der Waals surface area contributed by atoms with E-state index in [1.54, 1.807) is 11.1 Å². The van der Waals surface area contributed by atoms with E-state index in [4.69, 9.17) is 0 Å². The molecule has 5 aliphatic carbocycles. The van der Waals surface area contributed by atoms with Gasteiger partial charge in [-0.1, -0.05) is 130 Å². The number of benzene rings is 6. The summed E-state index contributed by atoms with van der Waals surface area (Å²) < 4.78 is 0. The van der Waals surface area contributed by atoms with Gasteiger partial charge in [0.1, 0.15) is 0 Å². The Kier molecular flexibility index (Phi) is 7.89. The standard InChI is InChI=1S/C54H53NS/c1-52(2)26-27-53(3,4)48-33-44(22-24-46(48)52)55(43-20-18-40(19-21-43)39-16-14-38(15-17-39)37-10-6-5-7-11-37)45-23-25-51-49(34-45)54(47-12-8-9-13-50(47)56-51)41-29-35-28-36(31-41)32-42(54)30-35/h5-25,33-36,41-42H,26-32H2,1-4H3. The molecule has 1 heterocycles. The lowest BCUT2D eigenvalue weighted by molar-refractivity contribution is -0.0443. The Morgan fingerprint density at radius 3 is 1.55 bits per heavy atom. The zero-order valence-corrected chi connectivity index (χ0v) is 34.2. The first-order valence-corrected chi connectivity index (χ1v) is 22.1. The van der Waals surface area contributed by atoms with E-state index in [-0.39, 0.29) is 16.2 Å². The summed E-state index contributed by atoms with van der Waals surface area (Å²) in [6.07, 6.45) is 9.47. The second-order valence-electron chi connectivity index (χ2n) is 19.3. The lowest BCUT2D eigenvalue weighted by Crippen LogP contribution is -2.57. The molecule has 0 N–H and O–H groups in total. The highest BCUT2D eigenvalue weighted by atomic mass is 32.2. The van der Waals surface area contributed by atoms with Gasteiger partial charge in [-0.05, 0) is 172 Å². The van der Waals surface area contributed by atoms with Gasteiger partial charge in [0.2, 0.25) is 0 Å². The van der Waals surface area contributed by atoms with Crippen molar-refractivity contribution in [3.8, 4) is 22.3 Å². The Hall–Kier alpha value is -4.53. The van der Waals surface area contributed by atoms with Crippen LogP contribution in [0.25, 0.3) is 22.3 Å². The summed E-state index contributed by atoms with van der Waals surface area (Å²) >= 11 is 2.01. The van der Waals surface area contributed by atoms with Crippen LogP contribution in [0, 0.1) is 23.7 Å². The maximum atomic E-state index is 2.66. The highest BCUT2D eigenvalue weighted by Crippen LogP contribution is 2.69. The minimum absolute atomic E-state index is 0.101. The maximum absolute atomic E-state index is 2.66. The van der Waals surface area contributed by atoms with E-state index in [0.29, 0.717) is 0 Å². The third-order valence-corrected chi connectivity index (χ3v) is 16.3. The van der Waals surface area contributed by atoms with Crippen LogP contribution in [-0.2, 0) is 16.2 Å². The fourth-order valence-corrected chi connectivity index (χ4v) is 13.7. The van der Waals surface area contributed by atoms with E-state index in [1.807, 2.05) is 11.8 Å². The molecule has 280 valence electrons. The molecule has 2 heteroatoms. The molecule has 0 amide bonds. The average molecular weight is 748 g/mol. The number of hydrogen-bond acceptors (Lipinski definition) is 2. The summed E-state index contributed by atoms with van der Waals surface area (Å²) in [5.41, 5.74) is 15.4. The summed E-state index contributed by atoms with van der Waals surface area (Å²) in [7, 11) is 0. The molecule has 0 saturated heterocycles. The predicted octanol–water partition coefficient (Wildman–Crippen LogP) is 15.0. The number of anilines is 3. The number of fused-ring (bicyclic) bond motifs is 3. The Balaban J connectivity index is 1.05. The second-order valence-corrected chi connectivity index (χ2v) is 20.4. The molecule has 0 unspecified atom stereocenters. The summed E-state index contributed by atoms with van der Waals surface area (Å²) in [5.74, 6) is 3.29. The van der Waals surface area contributed by atoms with Gasteiger partial charge in [0.15, 0.2) is 0 Å². The monoisotopic (exact) mass is 747 g/mol. The molecule has 0 atom stereocenters. The molecular formula is C54H53NS. The van der Waals surface area contributed by atoms with Crippen molar-refractivity contribution in [1.82, 2.24) is 0 Å². The fourth-order valence-electron chi connectivity index (χ4n) is 12.5. The van der Waals surface area contributed by atoms with Crippen LogP contribution in [0.1, 0.15) is 94.9 Å². The molecule has 4 saturated carbocycles. The quantitative estimate of drug-likeness (QED) is 0.173. The third-order valence-electron chi connectivity index (χ3n) is 15.2. The van der Waals surface area contributed by atoms with Gasteiger partial charge in [-0.25, -0.2) is 0 Å². The van der Waals surface area contributed by atoms with E-state index < -0.39 is 0 Å². The van der Waals surface area contributed by atoms with E-state index in [2.05, 4.69) is 172 Å². The maximum Gasteiger partial charge on any atom is 0.0465 e. The van der Waals surface area contributed by atoms with Gasteiger partial charge in [0.05, 0.1) is 0 Å².